The van der Waals surface area contributed by atoms with Gasteiger partial charge >= 0.3 is 11.9 Å². The van der Waals surface area contributed by atoms with Gasteiger partial charge in [-0.05, 0) is 25.0 Å². The average Bonchev–Trinajstić information content (AvgIpc) is 2.45. The zero-order chi connectivity index (χ0) is 13.5. The van der Waals surface area contributed by atoms with E-state index >= 15 is 0 Å². The minimum absolute atomic E-state index is 0.284. The molecule has 0 bridgehead atoms. The Morgan fingerprint density at radius 2 is 1.11 bits per heavy atom. The third kappa shape index (κ3) is 3.81. The van der Waals surface area contributed by atoms with Crippen LogP contribution in [0.4, 0.5) is 0 Å². The van der Waals surface area contributed by atoms with E-state index in [2.05, 4.69) is 0 Å². The number of carbonyl (C=O) groups is 2. The number of benzene rings is 1. The molecule has 0 spiro atoms. The van der Waals surface area contributed by atoms with Crippen LogP contribution in [0.5, 0.6) is 0 Å². The highest BCUT2D eigenvalue weighted by Gasteiger charge is 2.18. The summed E-state index contributed by atoms with van der Waals surface area (Å²) in [7, 11) is 0. The lowest BCUT2D eigenvalue weighted by atomic mass is 10.1. The van der Waals surface area contributed by atoms with Gasteiger partial charge in [0.25, 0.3) is 0 Å². The van der Waals surface area contributed by atoms with E-state index < -0.39 is 11.9 Å². The molecule has 0 atom stereocenters. The van der Waals surface area contributed by atoms with E-state index in [0.717, 1.165) is 32.1 Å². The number of fused-ring (bicyclic) bond motifs is 1. The van der Waals surface area contributed by atoms with Crippen LogP contribution in [0, 0.1) is 0 Å². The Morgan fingerprint density at radius 1 is 0.684 bits per heavy atom. The molecule has 0 aromatic heterocycles. The predicted octanol–water partition coefficient (Wildman–Crippen LogP) is 2.96. The molecular weight excluding hydrogens is 244 g/mol. The van der Waals surface area contributed by atoms with Crippen LogP contribution in [0.1, 0.15) is 52.8 Å². The van der Waals surface area contributed by atoms with Crippen LogP contribution in [0.2, 0.25) is 0 Å². The van der Waals surface area contributed by atoms with Crippen molar-refractivity contribution in [1.29, 1.82) is 0 Å². The highest BCUT2D eigenvalue weighted by Crippen LogP contribution is 2.14. The number of rotatable bonds is 0. The van der Waals surface area contributed by atoms with Crippen LogP contribution >= 0.6 is 0 Å². The van der Waals surface area contributed by atoms with E-state index in [4.69, 9.17) is 9.47 Å². The van der Waals surface area contributed by atoms with Gasteiger partial charge in [0.1, 0.15) is 0 Å². The number of ether oxygens (including phenoxy) is 2. The van der Waals surface area contributed by atoms with Crippen molar-refractivity contribution in [2.24, 2.45) is 0 Å². The molecule has 0 fully saturated rings. The van der Waals surface area contributed by atoms with Crippen molar-refractivity contribution in [3.05, 3.63) is 35.4 Å². The smallest absolute Gasteiger partial charge is 0.339 e. The molecule has 1 aromatic carbocycles. The average molecular weight is 262 g/mol. The van der Waals surface area contributed by atoms with Crippen molar-refractivity contribution in [1.82, 2.24) is 0 Å². The Balaban J connectivity index is 2.18. The summed E-state index contributed by atoms with van der Waals surface area (Å²) in [5.74, 6) is -0.904. The zero-order valence-electron chi connectivity index (χ0n) is 10.9. The lowest BCUT2D eigenvalue weighted by Crippen LogP contribution is -2.14. The first-order chi connectivity index (χ1) is 9.29. The highest BCUT2D eigenvalue weighted by atomic mass is 16.5. The van der Waals surface area contributed by atoms with Crippen LogP contribution in [0.3, 0.4) is 0 Å². The van der Waals surface area contributed by atoms with Gasteiger partial charge in [0.2, 0.25) is 0 Å². The molecule has 0 amide bonds. The quantitative estimate of drug-likeness (QED) is 0.674. The topological polar surface area (TPSA) is 52.6 Å². The van der Waals surface area contributed by atoms with Crippen molar-refractivity contribution < 1.29 is 19.1 Å². The molecule has 4 nitrogen and oxygen atoms in total. The Kier molecular flexibility index (Phi) is 4.95. The molecule has 1 heterocycles. The molecule has 0 aliphatic carbocycles. The maximum atomic E-state index is 11.9. The van der Waals surface area contributed by atoms with E-state index in [-0.39, 0.29) is 11.1 Å². The lowest BCUT2D eigenvalue weighted by Gasteiger charge is -2.08. The number of cyclic esters (lactones) is 2. The van der Waals surface area contributed by atoms with Crippen molar-refractivity contribution in [2.45, 2.75) is 32.1 Å². The summed E-state index contributed by atoms with van der Waals surface area (Å²) in [6.45, 7) is 0.810. The molecule has 1 aromatic rings. The van der Waals surface area contributed by atoms with Crippen molar-refractivity contribution in [3.8, 4) is 0 Å². The molecule has 0 N–H and O–H groups in total. The second-order valence-electron chi connectivity index (χ2n) is 4.59. The van der Waals surface area contributed by atoms with Crippen molar-refractivity contribution >= 4 is 11.9 Å². The van der Waals surface area contributed by atoms with Crippen LogP contribution in [0.15, 0.2) is 24.3 Å². The SMILES string of the molecule is O=C1OCCCCCCCOC(=O)c2ccccc21. The molecule has 0 unspecified atom stereocenters. The first kappa shape index (κ1) is 13.6. The van der Waals surface area contributed by atoms with Crippen molar-refractivity contribution in [3.63, 3.8) is 0 Å². The second kappa shape index (κ2) is 6.92. The summed E-state index contributed by atoms with van der Waals surface area (Å²) in [6, 6.07) is 6.62. The number of hydrogen-bond acceptors (Lipinski definition) is 4. The first-order valence-electron chi connectivity index (χ1n) is 6.72. The lowest BCUT2D eigenvalue weighted by molar-refractivity contribution is 0.0458. The normalized spacial score (nSPS) is 18.1. The highest BCUT2D eigenvalue weighted by molar-refractivity contribution is 6.03. The Morgan fingerprint density at radius 3 is 1.58 bits per heavy atom. The van der Waals surface area contributed by atoms with Gasteiger partial charge in [-0.2, -0.15) is 0 Å². The van der Waals surface area contributed by atoms with Crippen LogP contribution in [-0.2, 0) is 9.47 Å². The maximum Gasteiger partial charge on any atom is 0.339 e. The van der Waals surface area contributed by atoms with E-state index in [9.17, 15) is 9.59 Å². The molecule has 0 radical (unpaired) electrons. The molecule has 1 aliphatic rings. The van der Waals surface area contributed by atoms with E-state index in [1.165, 1.54) is 0 Å². The molecule has 4 heteroatoms. The van der Waals surface area contributed by atoms with Gasteiger partial charge in [-0.3, -0.25) is 0 Å². The summed E-state index contributed by atoms with van der Waals surface area (Å²) in [5.41, 5.74) is 0.568. The standard InChI is InChI=1S/C15H18O4/c16-14-12-8-4-5-9-13(12)15(17)19-11-7-3-1-2-6-10-18-14/h4-5,8-9H,1-3,6-7,10-11H2. The number of esters is 2. The summed E-state index contributed by atoms with van der Waals surface area (Å²) in [4.78, 5) is 23.8. The predicted molar refractivity (Wildman–Crippen MR) is 70.1 cm³/mol. The second-order valence-corrected chi connectivity index (χ2v) is 4.59. The molecule has 102 valence electrons. The van der Waals surface area contributed by atoms with E-state index in [1.807, 2.05) is 0 Å². The summed E-state index contributed by atoms with van der Waals surface area (Å²) in [5, 5.41) is 0. The molecular formula is C15H18O4. The first-order valence-corrected chi connectivity index (χ1v) is 6.72. The minimum atomic E-state index is -0.452. The van der Waals surface area contributed by atoms with Gasteiger partial charge in [-0.25, -0.2) is 9.59 Å². The summed E-state index contributed by atoms with van der Waals surface area (Å²) >= 11 is 0. The molecule has 19 heavy (non-hydrogen) atoms. The summed E-state index contributed by atoms with van der Waals surface area (Å²) in [6.07, 6.45) is 4.86. The minimum Gasteiger partial charge on any atom is -0.462 e. The molecule has 2 rings (SSSR count). The molecule has 1 aliphatic heterocycles. The van der Waals surface area contributed by atoms with Gasteiger partial charge in [0.15, 0.2) is 0 Å². The van der Waals surface area contributed by atoms with Gasteiger partial charge in [-0.1, -0.05) is 31.4 Å². The third-order valence-corrected chi connectivity index (χ3v) is 3.12. The van der Waals surface area contributed by atoms with E-state index in [0.29, 0.717) is 13.2 Å². The maximum absolute atomic E-state index is 11.9. The Hall–Kier alpha value is -1.84. The van der Waals surface area contributed by atoms with Gasteiger partial charge < -0.3 is 9.47 Å². The monoisotopic (exact) mass is 262 g/mol. The van der Waals surface area contributed by atoms with E-state index in [1.54, 1.807) is 24.3 Å². The molecule has 0 saturated carbocycles. The largest absolute Gasteiger partial charge is 0.462 e. The fourth-order valence-corrected chi connectivity index (χ4v) is 2.06. The number of hydrogen-bond donors (Lipinski definition) is 0. The Bertz CT molecular complexity index is 412. The third-order valence-electron chi connectivity index (χ3n) is 3.12. The summed E-state index contributed by atoms with van der Waals surface area (Å²) < 4.78 is 10.4. The van der Waals surface area contributed by atoms with Gasteiger partial charge in [0.05, 0.1) is 24.3 Å². The fourth-order valence-electron chi connectivity index (χ4n) is 2.06. The van der Waals surface area contributed by atoms with Gasteiger partial charge in [0, 0.05) is 0 Å². The molecule has 0 saturated heterocycles. The number of carbonyl (C=O) groups excluding carboxylic acids is 2. The van der Waals surface area contributed by atoms with Crippen LogP contribution in [-0.4, -0.2) is 25.2 Å². The van der Waals surface area contributed by atoms with Crippen LogP contribution in [0.25, 0.3) is 0 Å². The van der Waals surface area contributed by atoms with Crippen molar-refractivity contribution in [2.75, 3.05) is 13.2 Å². The van der Waals surface area contributed by atoms with Gasteiger partial charge in [-0.15, -0.1) is 0 Å². The fraction of sp³-hybridized carbons (Fsp3) is 0.467. The zero-order valence-corrected chi connectivity index (χ0v) is 10.9. The Labute approximate surface area is 112 Å². The van der Waals surface area contributed by atoms with Crippen LogP contribution < -0.4 is 0 Å².